The molecule has 1 saturated heterocycles. The lowest BCUT2D eigenvalue weighted by atomic mass is 10.0. The highest BCUT2D eigenvalue weighted by atomic mass is 32.2. The SMILES string of the molecule is NC(=O)CON=C(C(=O)N[C@@H]1C(=O)N2C(C(=O)O)=C(CSc3nnnn3N)CS[C@@H]12)c1csc(N)n1. The predicted octanol–water partition coefficient (Wildman–Crippen LogP) is -2.84. The van der Waals surface area contributed by atoms with Gasteiger partial charge in [-0.15, -0.1) is 27.9 Å². The van der Waals surface area contributed by atoms with E-state index in [2.05, 4.69) is 31.0 Å². The minimum atomic E-state index is -1.29. The second kappa shape index (κ2) is 10.4. The van der Waals surface area contributed by atoms with Crippen LogP contribution in [-0.4, -0.2) is 94.2 Å². The number of fused-ring (bicyclic) bond motifs is 1. The summed E-state index contributed by atoms with van der Waals surface area (Å²) in [5.74, 6) is 2.46. The number of tetrazole rings is 1. The molecule has 2 aliphatic rings. The average molecular weight is 556 g/mol. The maximum Gasteiger partial charge on any atom is 0.352 e. The van der Waals surface area contributed by atoms with E-state index in [1.165, 1.54) is 17.1 Å². The Kier molecular flexibility index (Phi) is 7.26. The number of β-lactam (4-membered cyclic amide) rings is 1. The molecule has 0 radical (unpaired) electrons. The Labute approximate surface area is 213 Å². The van der Waals surface area contributed by atoms with Gasteiger partial charge in [0.2, 0.25) is 5.16 Å². The third-order valence-corrected chi connectivity index (χ3v) is 7.75. The molecule has 0 bridgehead atoms. The minimum Gasteiger partial charge on any atom is -0.477 e. The Morgan fingerprint density at radius 3 is 2.78 bits per heavy atom. The first-order valence-corrected chi connectivity index (χ1v) is 12.7. The number of carbonyl (C=O) groups excluding carboxylic acids is 3. The summed E-state index contributed by atoms with van der Waals surface area (Å²) in [7, 11) is 0. The number of oxime groups is 1. The molecule has 0 spiro atoms. The fourth-order valence-electron chi connectivity index (χ4n) is 3.20. The Hall–Kier alpha value is -3.91. The maximum atomic E-state index is 12.9. The Bertz CT molecular complexity index is 1290. The van der Waals surface area contributed by atoms with Gasteiger partial charge in [0, 0.05) is 16.9 Å². The smallest absolute Gasteiger partial charge is 0.352 e. The molecular formula is C16H17N11O6S3. The molecule has 0 aromatic carbocycles. The minimum absolute atomic E-state index is 0.0621. The third-order valence-electron chi connectivity index (χ3n) is 4.72. The highest BCUT2D eigenvalue weighted by Gasteiger charge is 2.54. The molecule has 190 valence electrons. The number of aromatic nitrogens is 5. The molecular weight excluding hydrogens is 538 g/mol. The summed E-state index contributed by atoms with van der Waals surface area (Å²) >= 11 is 3.43. The van der Waals surface area contributed by atoms with E-state index in [4.69, 9.17) is 22.1 Å². The van der Waals surface area contributed by atoms with E-state index in [0.717, 1.165) is 32.8 Å². The van der Waals surface area contributed by atoms with Gasteiger partial charge in [-0.1, -0.05) is 22.0 Å². The van der Waals surface area contributed by atoms with Crippen molar-refractivity contribution >= 4 is 69.4 Å². The summed E-state index contributed by atoms with van der Waals surface area (Å²) in [6.45, 7) is -0.588. The van der Waals surface area contributed by atoms with Gasteiger partial charge in [-0.05, 0) is 16.0 Å². The number of carboxylic acid groups (broad SMARTS) is 1. The first kappa shape index (κ1) is 25.2. The van der Waals surface area contributed by atoms with Gasteiger partial charge in [0.25, 0.3) is 17.7 Å². The molecule has 2 aromatic rings. The Balaban J connectivity index is 1.49. The molecule has 8 N–H and O–H groups in total. The number of amides is 3. The first-order valence-electron chi connectivity index (χ1n) is 9.74. The Morgan fingerprint density at radius 2 is 2.17 bits per heavy atom. The van der Waals surface area contributed by atoms with Crippen LogP contribution in [0.5, 0.6) is 0 Å². The van der Waals surface area contributed by atoms with Crippen LogP contribution >= 0.6 is 34.9 Å². The number of hydrogen-bond donors (Lipinski definition) is 5. The normalized spacial score (nSPS) is 19.5. The van der Waals surface area contributed by atoms with Crippen molar-refractivity contribution in [3.8, 4) is 0 Å². The lowest BCUT2D eigenvalue weighted by Crippen LogP contribution is -2.71. The second-order valence-electron chi connectivity index (χ2n) is 7.06. The van der Waals surface area contributed by atoms with E-state index < -0.39 is 41.7 Å². The van der Waals surface area contributed by atoms with Crippen molar-refractivity contribution in [1.82, 2.24) is 35.5 Å². The number of carbonyl (C=O) groups is 4. The molecule has 1 fully saturated rings. The number of thioether (sulfide) groups is 2. The van der Waals surface area contributed by atoms with E-state index in [-0.39, 0.29) is 38.9 Å². The number of nitrogen functional groups attached to an aromatic ring is 2. The molecule has 2 aromatic heterocycles. The molecule has 0 aliphatic carbocycles. The highest BCUT2D eigenvalue weighted by Crippen LogP contribution is 2.41. The molecule has 36 heavy (non-hydrogen) atoms. The molecule has 0 unspecified atom stereocenters. The molecule has 17 nitrogen and oxygen atoms in total. The maximum absolute atomic E-state index is 12.9. The van der Waals surface area contributed by atoms with Crippen LogP contribution in [0.3, 0.4) is 0 Å². The van der Waals surface area contributed by atoms with Crippen molar-refractivity contribution in [3.05, 3.63) is 22.3 Å². The zero-order valence-corrected chi connectivity index (χ0v) is 20.4. The van der Waals surface area contributed by atoms with E-state index in [1.54, 1.807) is 0 Å². The molecule has 2 atom stereocenters. The number of aliphatic carboxylic acids is 1. The zero-order chi connectivity index (χ0) is 26.0. The lowest BCUT2D eigenvalue weighted by Gasteiger charge is -2.49. The van der Waals surface area contributed by atoms with Crippen LogP contribution in [0, 0.1) is 0 Å². The van der Waals surface area contributed by atoms with Crippen LogP contribution in [0.2, 0.25) is 0 Å². The van der Waals surface area contributed by atoms with Crippen molar-refractivity contribution in [2.24, 2.45) is 10.9 Å². The lowest BCUT2D eigenvalue weighted by molar-refractivity contribution is -0.150. The van der Waals surface area contributed by atoms with E-state index in [0.29, 0.717) is 5.57 Å². The molecule has 20 heteroatoms. The number of nitrogens with two attached hydrogens (primary N) is 3. The van der Waals surface area contributed by atoms with E-state index in [9.17, 15) is 24.3 Å². The van der Waals surface area contributed by atoms with Crippen LogP contribution in [-0.2, 0) is 24.0 Å². The van der Waals surface area contributed by atoms with Crippen molar-refractivity contribution in [2.45, 2.75) is 16.6 Å². The second-order valence-corrected chi connectivity index (χ2v) is 10.0. The summed E-state index contributed by atoms with van der Waals surface area (Å²) in [5, 5.41) is 27.8. The summed E-state index contributed by atoms with van der Waals surface area (Å²) in [4.78, 5) is 59.6. The van der Waals surface area contributed by atoms with E-state index in [1.807, 2.05) is 0 Å². The molecule has 3 amide bonds. The quantitative estimate of drug-likeness (QED) is 0.0650. The molecule has 0 saturated carbocycles. The standard InChI is InChI=1S/C16H17N11O6S3/c17-7(28)1-33-23-8(6-4-35-15(18)20-6)11(29)21-9-12(30)26-10(14(31)32)5(2-34-13(9)26)3-36-16-22-24-25-27(16)19/h4,9,13H,1-3,19H2,(H2,17,28)(H2,18,20)(H,21,29)(H,31,32)/t9-,13+/m1/s1. The number of hydrogen-bond acceptors (Lipinski definition) is 15. The number of rotatable bonds is 10. The molecule has 4 rings (SSSR count). The topological polar surface area (TPSA) is 260 Å². The number of anilines is 1. The third kappa shape index (κ3) is 5.04. The first-order chi connectivity index (χ1) is 17.2. The van der Waals surface area contributed by atoms with Gasteiger partial charge in [0.05, 0.1) is 0 Å². The van der Waals surface area contributed by atoms with Gasteiger partial charge >= 0.3 is 5.97 Å². The van der Waals surface area contributed by atoms with Crippen LogP contribution in [0.4, 0.5) is 5.13 Å². The number of carboxylic acids is 1. The number of primary amides is 1. The molecule has 2 aliphatic heterocycles. The average Bonchev–Trinajstić information content (AvgIpc) is 3.45. The number of nitrogens with zero attached hydrogens (tertiary/aromatic N) is 7. The van der Waals surface area contributed by atoms with Gasteiger partial charge in [0.15, 0.2) is 17.5 Å². The summed E-state index contributed by atoms with van der Waals surface area (Å²) < 4.78 is 0. The summed E-state index contributed by atoms with van der Waals surface area (Å²) in [6, 6.07) is -1.04. The fourth-order valence-corrected chi connectivity index (χ4v) is 6.03. The van der Waals surface area contributed by atoms with Crippen LogP contribution < -0.4 is 22.6 Å². The number of nitrogens with one attached hydrogen (secondary N) is 1. The Morgan fingerprint density at radius 1 is 1.39 bits per heavy atom. The summed E-state index contributed by atoms with van der Waals surface area (Å²) in [5.41, 5.74) is 10.7. The van der Waals surface area contributed by atoms with Gasteiger partial charge in [0.1, 0.15) is 22.8 Å². The van der Waals surface area contributed by atoms with Gasteiger partial charge in [-0.25, -0.2) is 9.78 Å². The monoisotopic (exact) mass is 555 g/mol. The highest BCUT2D eigenvalue weighted by molar-refractivity contribution is 8.01. The largest absolute Gasteiger partial charge is 0.477 e. The van der Waals surface area contributed by atoms with Crippen LogP contribution in [0.1, 0.15) is 5.69 Å². The van der Waals surface area contributed by atoms with Crippen molar-refractivity contribution in [1.29, 1.82) is 0 Å². The van der Waals surface area contributed by atoms with Crippen LogP contribution in [0.15, 0.2) is 27.0 Å². The summed E-state index contributed by atoms with van der Waals surface area (Å²) in [6.07, 6.45) is 0. The van der Waals surface area contributed by atoms with Gasteiger partial charge < -0.3 is 32.6 Å². The van der Waals surface area contributed by atoms with Crippen molar-refractivity contribution < 1.29 is 29.1 Å². The van der Waals surface area contributed by atoms with Crippen molar-refractivity contribution in [3.63, 3.8) is 0 Å². The van der Waals surface area contributed by atoms with Gasteiger partial charge in [-0.3, -0.25) is 19.3 Å². The van der Waals surface area contributed by atoms with Crippen LogP contribution in [0.25, 0.3) is 0 Å². The van der Waals surface area contributed by atoms with Gasteiger partial charge in [-0.2, -0.15) is 0 Å². The molecule has 4 heterocycles. The van der Waals surface area contributed by atoms with E-state index >= 15 is 0 Å². The fraction of sp³-hybridized carbons (Fsp3) is 0.312. The zero-order valence-electron chi connectivity index (χ0n) is 17.9. The van der Waals surface area contributed by atoms with Crippen molar-refractivity contribution in [2.75, 3.05) is 29.7 Å². The predicted molar refractivity (Wildman–Crippen MR) is 127 cm³/mol. The number of thiazole rings is 1.